The molecule has 9 nitrogen and oxygen atoms in total. The van der Waals surface area contributed by atoms with Crippen LogP contribution < -0.4 is 25.0 Å². The first-order valence-corrected chi connectivity index (χ1v) is 12.9. The number of anilines is 1. The predicted octanol–water partition coefficient (Wildman–Crippen LogP) is 4.52. The Hall–Kier alpha value is -4.15. The number of nitrogens with zero attached hydrogens (tertiary/aromatic N) is 1. The van der Waals surface area contributed by atoms with Crippen molar-refractivity contribution in [3.8, 4) is 11.5 Å². The van der Waals surface area contributed by atoms with Gasteiger partial charge in [0.1, 0.15) is 5.57 Å². The molecule has 2 N–H and O–H groups in total. The van der Waals surface area contributed by atoms with Crippen LogP contribution in [0.3, 0.4) is 0 Å². The largest absolute Gasteiger partial charge is 0.493 e. The minimum atomic E-state index is -0.881. The maximum absolute atomic E-state index is 13.1. The van der Waals surface area contributed by atoms with Gasteiger partial charge >= 0.3 is 6.03 Å². The monoisotopic (exact) mass is 611 g/mol. The highest BCUT2D eigenvalue weighted by atomic mass is 79.9. The van der Waals surface area contributed by atoms with Gasteiger partial charge < -0.3 is 14.8 Å². The summed E-state index contributed by atoms with van der Waals surface area (Å²) in [6, 6.07) is 18.2. The fourth-order valence-electron chi connectivity index (χ4n) is 3.82. The summed E-state index contributed by atoms with van der Waals surface area (Å²) in [5.41, 5.74) is 1.47. The van der Waals surface area contributed by atoms with Crippen LogP contribution in [0, 0.1) is 0 Å². The third-order valence-electron chi connectivity index (χ3n) is 5.66. The molecule has 0 radical (unpaired) electrons. The first-order valence-electron chi connectivity index (χ1n) is 11.7. The Labute approximate surface area is 237 Å². The number of methoxy groups -OCH3 is 1. The van der Waals surface area contributed by atoms with Crippen molar-refractivity contribution < 1.29 is 28.7 Å². The topological polar surface area (TPSA) is 114 Å². The third-order valence-corrected chi connectivity index (χ3v) is 6.48. The van der Waals surface area contributed by atoms with Crippen LogP contribution >= 0.6 is 27.5 Å². The van der Waals surface area contributed by atoms with E-state index in [4.69, 9.17) is 21.1 Å². The second kappa shape index (κ2) is 12.6. The molecule has 5 amide bonds. The molecule has 0 aliphatic carbocycles. The number of benzene rings is 3. The number of imide groups is 2. The molecule has 200 valence electrons. The van der Waals surface area contributed by atoms with Crippen LogP contribution in [0.1, 0.15) is 11.1 Å². The summed E-state index contributed by atoms with van der Waals surface area (Å²) in [4.78, 5) is 51.2. The van der Waals surface area contributed by atoms with Gasteiger partial charge in [-0.2, -0.15) is 0 Å². The van der Waals surface area contributed by atoms with Crippen LogP contribution in [0.2, 0.25) is 5.02 Å². The van der Waals surface area contributed by atoms with Crippen LogP contribution in [-0.4, -0.2) is 44.0 Å². The molecule has 1 saturated heterocycles. The maximum atomic E-state index is 13.1. The fraction of sp³-hybridized carbons (Fsp3) is 0.143. The number of amides is 5. The highest BCUT2D eigenvalue weighted by Gasteiger charge is 2.37. The molecule has 0 unspecified atom stereocenters. The van der Waals surface area contributed by atoms with E-state index >= 15 is 0 Å². The first-order chi connectivity index (χ1) is 18.8. The molecule has 0 bridgehead atoms. The van der Waals surface area contributed by atoms with Crippen molar-refractivity contribution in [1.82, 2.24) is 10.6 Å². The second-order valence-corrected chi connectivity index (χ2v) is 9.64. The van der Waals surface area contributed by atoms with E-state index in [0.717, 1.165) is 10.5 Å². The molecule has 4 rings (SSSR count). The van der Waals surface area contributed by atoms with E-state index in [1.165, 1.54) is 25.3 Å². The second-order valence-electron chi connectivity index (χ2n) is 8.35. The highest BCUT2D eigenvalue weighted by molar-refractivity contribution is 9.10. The van der Waals surface area contributed by atoms with E-state index in [0.29, 0.717) is 28.0 Å². The van der Waals surface area contributed by atoms with E-state index in [9.17, 15) is 19.2 Å². The minimum Gasteiger partial charge on any atom is -0.493 e. The zero-order valence-electron chi connectivity index (χ0n) is 20.7. The molecule has 3 aromatic rings. The van der Waals surface area contributed by atoms with Crippen molar-refractivity contribution in [1.29, 1.82) is 0 Å². The van der Waals surface area contributed by atoms with Gasteiger partial charge in [0.05, 0.1) is 17.3 Å². The number of hydrogen-bond donors (Lipinski definition) is 2. The molecule has 1 aliphatic rings. The number of hydrogen-bond acceptors (Lipinski definition) is 6. The summed E-state index contributed by atoms with van der Waals surface area (Å²) in [5, 5.41) is 5.30. The zero-order chi connectivity index (χ0) is 27.9. The molecule has 1 heterocycles. The van der Waals surface area contributed by atoms with Crippen LogP contribution in [0.5, 0.6) is 11.5 Å². The average molecular weight is 613 g/mol. The predicted molar refractivity (Wildman–Crippen MR) is 150 cm³/mol. The normalized spacial score (nSPS) is 14.3. The Morgan fingerprint density at radius 3 is 2.56 bits per heavy atom. The quantitative estimate of drug-likeness (QED) is 0.272. The van der Waals surface area contributed by atoms with Crippen LogP contribution in [0.25, 0.3) is 6.08 Å². The van der Waals surface area contributed by atoms with Gasteiger partial charge in [-0.15, -0.1) is 0 Å². The van der Waals surface area contributed by atoms with Crippen molar-refractivity contribution >= 4 is 63.0 Å². The lowest BCUT2D eigenvalue weighted by molar-refractivity contribution is -0.124. The molecule has 0 saturated carbocycles. The lowest BCUT2D eigenvalue weighted by Crippen LogP contribution is -2.54. The first kappa shape index (κ1) is 27.9. The van der Waals surface area contributed by atoms with Crippen LogP contribution in [-0.2, 0) is 20.8 Å². The standard InChI is InChI=1S/C28H23BrClN3O6/c1-38-23-14-18(12-21-26(35)32-28(37)33(27(21)36)20-9-5-8-19(30)15-20)13-22(29)25(23)39-16-24(34)31-11-10-17-6-3-2-4-7-17/h2-9,12-15H,10-11,16H2,1H3,(H,31,34)(H,32,35,37). The molecular formula is C28H23BrClN3O6. The van der Waals surface area contributed by atoms with E-state index < -0.39 is 17.8 Å². The SMILES string of the molecule is COc1cc(C=C2C(=O)NC(=O)N(c3cccc(Cl)c3)C2=O)cc(Br)c1OCC(=O)NCCc1ccccc1. The Bertz CT molecular complexity index is 1460. The number of halogens is 2. The Morgan fingerprint density at radius 2 is 1.85 bits per heavy atom. The lowest BCUT2D eigenvalue weighted by atomic mass is 10.1. The van der Waals surface area contributed by atoms with E-state index in [-0.39, 0.29) is 35.3 Å². The van der Waals surface area contributed by atoms with Crippen molar-refractivity contribution in [3.63, 3.8) is 0 Å². The van der Waals surface area contributed by atoms with Crippen LogP contribution in [0.4, 0.5) is 10.5 Å². The van der Waals surface area contributed by atoms with Crippen molar-refractivity contribution in [2.75, 3.05) is 25.2 Å². The van der Waals surface area contributed by atoms with Gasteiger partial charge in [0, 0.05) is 11.6 Å². The molecule has 11 heteroatoms. The van der Waals surface area contributed by atoms with Gasteiger partial charge in [-0.3, -0.25) is 19.7 Å². The summed E-state index contributed by atoms with van der Waals surface area (Å²) >= 11 is 9.41. The number of rotatable bonds is 9. The molecular weight excluding hydrogens is 590 g/mol. The van der Waals surface area contributed by atoms with Crippen molar-refractivity contribution in [2.45, 2.75) is 6.42 Å². The zero-order valence-corrected chi connectivity index (χ0v) is 23.0. The number of nitrogens with one attached hydrogen (secondary N) is 2. The van der Waals surface area contributed by atoms with Gasteiger partial charge in [-0.25, -0.2) is 9.69 Å². The smallest absolute Gasteiger partial charge is 0.335 e. The van der Waals surface area contributed by atoms with Gasteiger partial charge in [0.2, 0.25) is 0 Å². The number of carbonyl (C=O) groups excluding carboxylic acids is 4. The summed E-state index contributed by atoms with van der Waals surface area (Å²) in [6.45, 7) is 0.212. The van der Waals surface area contributed by atoms with E-state index in [1.54, 1.807) is 24.3 Å². The molecule has 3 aromatic carbocycles. The van der Waals surface area contributed by atoms with Gasteiger partial charge in [0.15, 0.2) is 18.1 Å². The van der Waals surface area contributed by atoms with Crippen molar-refractivity contribution in [3.05, 3.63) is 92.9 Å². The van der Waals surface area contributed by atoms with E-state index in [2.05, 4.69) is 26.6 Å². The minimum absolute atomic E-state index is 0.216. The lowest BCUT2D eigenvalue weighted by Gasteiger charge is -2.26. The van der Waals surface area contributed by atoms with Gasteiger partial charge in [0.25, 0.3) is 17.7 Å². The molecule has 0 aromatic heterocycles. The summed E-state index contributed by atoms with van der Waals surface area (Å²) in [7, 11) is 1.42. The number of carbonyl (C=O) groups is 4. The summed E-state index contributed by atoms with van der Waals surface area (Å²) < 4.78 is 11.5. The number of ether oxygens (including phenoxy) is 2. The third kappa shape index (κ3) is 6.84. The highest BCUT2D eigenvalue weighted by Crippen LogP contribution is 2.37. The number of barbiturate groups is 1. The summed E-state index contributed by atoms with van der Waals surface area (Å²) in [5.74, 6) is -1.42. The molecule has 0 atom stereocenters. The fourth-order valence-corrected chi connectivity index (χ4v) is 4.58. The van der Waals surface area contributed by atoms with Crippen molar-refractivity contribution in [2.24, 2.45) is 0 Å². The summed E-state index contributed by atoms with van der Waals surface area (Å²) in [6.07, 6.45) is 2.02. The Balaban J connectivity index is 1.48. The van der Waals surface area contributed by atoms with Gasteiger partial charge in [-0.1, -0.05) is 48.0 Å². The molecule has 1 fully saturated rings. The molecule has 0 spiro atoms. The maximum Gasteiger partial charge on any atom is 0.335 e. The number of urea groups is 1. The van der Waals surface area contributed by atoms with Crippen LogP contribution in [0.15, 0.2) is 76.8 Å². The Kier molecular flexibility index (Phi) is 9.00. The molecule has 39 heavy (non-hydrogen) atoms. The molecule has 1 aliphatic heterocycles. The van der Waals surface area contributed by atoms with E-state index in [1.807, 2.05) is 30.3 Å². The van der Waals surface area contributed by atoms with Gasteiger partial charge in [-0.05, 0) is 69.9 Å². The Morgan fingerprint density at radius 1 is 1.08 bits per heavy atom. The average Bonchev–Trinajstić information content (AvgIpc) is 2.90.